The maximum absolute atomic E-state index is 12.9. The maximum atomic E-state index is 12.9. The molecule has 27 heavy (non-hydrogen) atoms. The minimum Gasteiger partial charge on any atom is -0.507 e. The Kier molecular flexibility index (Phi) is 5.55. The number of nitrogens with one attached hydrogen (secondary N) is 1. The predicted molar refractivity (Wildman–Crippen MR) is 97.6 cm³/mol. The molecule has 0 radical (unpaired) electrons. The first-order valence-electron chi connectivity index (χ1n) is 9.02. The van der Waals surface area contributed by atoms with E-state index in [4.69, 9.17) is 0 Å². The summed E-state index contributed by atoms with van der Waals surface area (Å²) >= 11 is 0. The van der Waals surface area contributed by atoms with E-state index >= 15 is 0 Å². The van der Waals surface area contributed by atoms with E-state index in [1.165, 1.54) is 13.3 Å². The standard InChI is InChI=1S/C19H23F3N4O/c1-3-26-8-4-5-14(26)11-23-17-7-6-15(24-25-17)18-12(2)9-13(10-16(18)27)19(20,21)22/h6-7,9-10,14,27H,3-5,8,11H2,1-2H3,(H,23,25)/t14-/m1/s1. The van der Waals surface area contributed by atoms with Gasteiger partial charge in [-0.25, -0.2) is 0 Å². The second kappa shape index (κ2) is 7.72. The fraction of sp³-hybridized carbons (Fsp3) is 0.474. The first kappa shape index (κ1) is 19.4. The van der Waals surface area contributed by atoms with Crippen LogP contribution in [0.4, 0.5) is 19.0 Å². The van der Waals surface area contributed by atoms with Gasteiger partial charge in [-0.3, -0.25) is 4.90 Å². The summed E-state index contributed by atoms with van der Waals surface area (Å²) in [7, 11) is 0. The molecule has 5 nitrogen and oxygen atoms in total. The van der Waals surface area contributed by atoms with Gasteiger partial charge in [0.25, 0.3) is 0 Å². The molecule has 2 aromatic rings. The van der Waals surface area contributed by atoms with Crippen molar-refractivity contribution in [2.24, 2.45) is 0 Å². The van der Waals surface area contributed by atoms with Crippen LogP contribution in [-0.2, 0) is 6.18 Å². The number of hydrogen-bond acceptors (Lipinski definition) is 5. The first-order chi connectivity index (χ1) is 12.8. The highest BCUT2D eigenvalue weighted by Crippen LogP contribution is 2.38. The molecule has 0 amide bonds. The fourth-order valence-electron chi connectivity index (χ4n) is 3.59. The molecule has 0 aliphatic carbocycles. The number of benzene rings is 1. The molecule has 0 saturated carbocycles. The van der Waals surface area contributed by atoms with Crippen molar-refractivity contribution in [3.63, 3.8) is 0 Å². The summed E-state index contributed by atoms with van der Waals surface area (Å²) in [6.45, 7) is 6.55. The molecule has 2 heterocycles. The lowest BCUT2D eigenvalue weighted by molar-refractivity contribution is -0.137. The Morgan fingerprint density at radius 3 is 2.63 bits per heavy atom. The second-order valence-corrected chi connectivity index (χ2v) is 6.79. The van der Waals surface area contributed by atoms with Crippen molar-refractivity contribution in [1.29, 1.82) is 0 Å². The zero-order valence-corrected chi connectivity index (χ0v) is 15.3. The molecular weight excluding hydrogens is 357 g/mol. The quantitative estimate of drug-likeness (QED) is 0.819. The summed E-state index contributed by atoms with van der Waals surface area (Å²) in [5.74, 6) is 0.146. The van der Waals surface area contributed by atoms with E-state index in [-0.39, 0.29) is 5.56 Å². The molecular formula is C19H23F3N4O. The van der Waals surface area contributed by atoms with Crippen LogP contribution in [0.2, 0.25) is 0 Å². The molecule has 0 spiro atoms. The maximum Gasteiger partial charge on any atom is 0.416 e. The molecule has 3 rings (SSSR count). The molecule has 1 saturated heterocycles. The van der Waals surface area contributed by atoms with E-state index in [0.717, 1.165) is 38.2 Å². The summed E-state index contributed by atoms with van der Waals surface area (Å²) in [5, 5.41) is 21.5. The van der Waals surface area contributed by atoms with Crippen LogP contribution in [0.25, 0.3) is 11.3 Å². The summed E-state index contributed by atoms with van der Waals surface area (Å²) in [4.78, 5) is 2.42. The average molecular weight is 380 g/mol. The number of aromatic nitrogens is 2. The van der Waals surface area contributed by atoms with E-state index in [1.54, 1.807) is 12.1 Å². The molecule has 1 aliphatic heterocycles. The smallest absolute Gasteiger partial charge is 0.416 e. The number of hydrogen-bond donors (Lipinski definition) is 2. The number of likely N-dealkylation sites (N-methyl/N-ethyl adjacent to an activating group) is 1. The van der Waals surface area contributed by atoms with Gasteiger partial charge in [-0.15, -0.1) is 10.2 Å². The number of aryl methyl sites for hydroxylation is 1. The van der Waals surface area contributed by atoms with Gasteiger partial charge in [0, 0.05) is 18.2 Å². The van der Waals surface area contributed by atoms with Gasteiger partial charge in [0.2, 0.25) is 0 Å². The minimum atomic E-state index is -4.51. The number of nitrogens with zero attached hydrogens (tertiary/aromatic N) is 3. The highest BCUT2D eigenvalue weighted by atomic mass is 19.4. The van der Waals surface area contributed by atoms with Crippen LogP contribution >= 0.6 is 0 Å². The van der Waals surface area contributed by atoms with Gasteiger partial charge in [-0.05, 0) is 62.7 Å². The summed E-state index contributed by atoms with van der Waals surface area (Å²) in [6.07, 6.45) is -2.17. The van der Waals surface area contributed by atoms with E-state index < -0.39 is 17.5 Å². The van der Waals surface area contributed by atoms with Gasteiger partial charge < -0.3 is 10.4 Å². The van der Waals surface area contributed by atoms with Crippen molar-refractivity contribution in [3.05, 3.63) is 35.4 Å². The molecule has 8 heteroatoms. The van der Waals surface area contributed by atoms with Crippen molar-refractivity contribution >= 4 is 5.82 Å². The van der Waals surface area contributed by atoms with Crippen molar-refractivity contribution in [3.8, 4) is 17.0 Å². The molecule has 1 aromatic heterocycles. The molecule has 0 bridgehead atoms. The van der Waals surface area contributed by atoms with Crippen molar-refractivity contribution < 1.29 is 18.3 Å². The number of alkyl halides is 3. The number of phenolic OH excluding ortho intramolecular Hbond substituents is 1. The zero-order valence-electron chi connectivity index (χ0n) is 15.3. The highest BCUT2D eigenvalue weighted by molar-refractivity contribution is 5.71. The normalized spacial score (nSPS) is 18.0. The van der Waals surface area contributed by atoms with Crippen LogP contribution in [-0.4, -0.2) is 45.9 Å². The number of likely N-dealkylation sites (tertiary alicyclic amines) is 1. The molecule has 1 aromatic carbocycles. The highest BCUT2D eigenvalue weighted by Gasteiger charge is 2.32. The Morgan fingerprint density at radius 2 is 2.04 bits per heavy atom. The van der Waals surface area contributed by atoms with Crippen LogP contribution in [0.5, 0.6) is 5.75 Å². The lowest BCUT2D eigenvalue weighted by Gasteiger charge is -2.23. The number of phenols is 1. The molecule has 0 unspecified atom stereocenters. The molecule has 1 aliphatic rings. The molecule has 146 valence electrons. The van der Waals surface area contributed by atoms with Gasteiger partial charge in [-0.2, -0.15) is 13.2 Å². The third-order valence-electron chi connectivity index (χ3n) is 4.99. The third kappa shape index (κ3) is 4.32. The predicted octanol–water partition coefficient (Wildman–Crippen LogP) is 4.07. The van der Waals surface area contributed by atoms with Crippen LogP contribution < -0.4 is 5.32 Å². The molecule has 1 fully saturated rings. The zero-order chi connectivity index (χ0) is 19.6. The van der Waals surface area contributed by atoms with Gasteiger partial charge in [-0.1, -0.05) is 6.92 Å². The van der Waals surface area contributed by atoms with Crippen molar-refractivity contribution in [2.45, 2.75) is 38.9 Å². The first-order valence-corrected chi connectivity index (χ1v) is 9.02. The second-order valence-electron chi connectivity index (χ2n) is 6.79. The Morgan fingerprint density at radius 1 is 1.26 bits per heavy atom. The Balaban J connectivity index is 1.74. The summed E-state index contributed by atoms with van der Waals surface area (Å²) in [6, 6.07) is 5.57. The molecule has 2 N–H and O–H groups in total. The number of aromatic hydroxyl groups is 1. The SMILES string of the molecule is CCN1CCC[C@@H]1CNc1ccc(-c2c(C)cc(C(F)(F)F)cc2O)nn1. The molecule has 1 atom stereocenters. The average Bonchev–Trinajstić information content (AvgIpc) is 3.07. The van der Waals surface area contributed by atoms with Gasteiger partial charge in [0.05, 0.1) is 11.3 Å². The Bertz CT molecular complexity index is 770. The largest absolute Gasteiger partial charge is 0.507 e. The summed E-state index contributed by atoms with van der Waals surface area (Å²) < 4.78 is 38.6. The number of anilines is 1. The lowest BCUT2D eigenvalue weighted by Crippen LogP contribution is -2.34. The van der Waals surface area contributed by atoms with E-state index in [0.29, 0.717) is 23.1 Å². The van der Waals surface area contributed by atoms with Crippen molar-refractivity contribution in [1.82, 2.24) is 15.1 Å². The van der Waals surface area contributed by atoms with Crippen LogP contribution in [0, 0.1) is 6.92 Å². The van der Waals surface area contributed by atoms with Crippen LogP contribution in [0.3, 0.4) is 0 Å². The lowest BCUT2D eigenvalue weighted by atomic mass is 10.0. The van der Waals surface area contributed by atoms with Crippen LogP contribution in [0.1, 0.15) is 30.9 Å². The topological polar surface area (TPSA) is 61.3 Å². The Hall–Kier alpha value is -2.35. The van der Waals surface area contributed by atoms with Crippen molar-refractivity contribution in [2.75, 3.05) is 25.0 Å². The number of rotatable bonds is 5. The summed E-state index contributed by atoms with van der Waals surface area (Å²) in [5.41, 5.74) is 0.00161. The van der Waals surface area contributed by atoms with Gasteiger partial charge in [0.1, 0.15) is 11.6 Å². The number of halogens is 3. The van der Waals surface area contributed by atoms with E-state index in [2.05, 4.69) is 27.3 Å². The monoisotopic (exact) mass is 380 g/mol. The third-order valence-corrected chi connectivity index (χ3v) is 4.99. The van der Waals surface area contributed by atoms with E-state index in [1.807, 2.05) is 0 Å². The van der Waals surface area contributed by atoms with E-state index in [9.17, 15) is 18.3 Å². The Labute approximate surface area is 156 Å². The van der Waals surface area contributed by atoms with Gasteiger partial charge >= 0.3 is 6.18 Å². The van der Waals surface area contributed by atoms with Crippen LogP contribution in [0.15, 0.2) is 24.3 Å². The van der Waals surface area contributed by atoms with Gasteiger partial charge in [0.15, 0.2) is 0 Å². The minimum absolute atomic E-state index is 0.259. The fourth-order valence-corrected chi connectivity index (χ4v) is 3.59.